The molecule has 0 aliphatic carbocycles. The molecular formula is C11H21F2N3O2. The summed E-state index contributed by atoms with van der Waals surface area (Å²) in [6.45, 7) is 3.83. The molecule has 0 aromatic carbocycles. The number of halogens is 2. The van der Waals surface area contributed by atoms with E-state index in [0.29, 0.717) is 0 Å². The molecule has 1 amide bonds. The molecule has 2 N–H and O–H groups in total. The number of alkyl halides is 2. The van der Waals surface area contributed by atoms with Crippen LogP contribution >= 0.6 is 0 Å². The predicted octanol–water partition coefficient (Wildman–Crippen LogP) is -0.634. The van der Waals surface area contributed by atoms with Crippen LogP contribution in [0.15, 0.2) is 0 Å². The number of amides is 1. The highest BCUT2D eigenvalue weighted by Gasteiger charge is 2.28. The highest BCUT2D eigenvalue weighted by atomic mass is 19.3. The third kappa shape index (κ3) is 4.47. The van der Waals surface area contributed by atoms with E-state index in [-0.39, 0.29) is 19.1 Å². The Balaban J connectivity index is 2.56. The first kappa shape index (κ1) is 15.3. The van der Waals surface area contributed by atoms with Gasteiger partial charge in [-0.1, -0.05) is 0 Å². The quantitative estimate of drug-likeness (QED) is 0.671. The van der Waals surface area contributed by atoms with Gasteiger partial charge >= 0.3 is 0 Å². The zero-order valence-electron chi connectivity index (χ0n) is 10.6. The molecule has 5 nitrogen and oxygen atoms in total. The first-order valence-electron chi connectivity index (χ1n) is 6.18. The third-order valence-electron chi connectivity index (χ3n) is 3.10. The Labute approximate surface area is 106 Å². The number of aliphatic hydroxyl groups excluding tert-OH is 1. The second-order valence-corrected chi connectivity index (χ2v) is 4.36. The molecule has 18 heavy (non-hydrogen) atoms. The van der Waals surface area contributed by atoms with Crippen molar-refractivity contribution in [2.75, 3.05) is 45.9 Å². The number of nitrogens with one attached hydrogen (secondary N) is 1. The average molecular weight is 265 g/mol. The van der Waals surface area contributed by atoms with E-state index in [9.17, 15) is 13.6 Å². The summed E-state index contributed by atoms with van der Waals surface area (Å²) in [6, 6.07) is -0.419. The second kappa shape index (κ2) is 7.60. The molecule has 0 radical (unpaired) electrons. The topological polar surface area (TPSA) is 55.8 Å². The minimum absolute atomic E-state index is 0.0421. The Morgan fingerprint density at radius 2 is 2.06 bits per heavy atom. The molecule has 0 aromatic heterocycles. The summed E-state index contributed by atoms with van der Waals surface area (Å²) in [4.78, 5) is 15.1. The lowest BCUT2D eigenvalue weighted by atomic mass is 10.2. The summed E-state index contributed by atoms with van der Waals surface area (Å²) in [5.74, 6) is -0.341. The van der Waals surface area contributed by atoms with Crippen LogP contribution in [0.3, 0.4) is 0 Å². The van der Waals surface area contributed by atoms with Gasteiger partial charge in [-0.15, -0.1) is 0 Å². The van der Waals surface area contributed by atoms with Gasteiger partial charge in [-0.05, 0) is 6.92 Å². The van der Waals surface area contributed by atoms with Crippen LogP contribution < -0.4 is 5.32 Å². The van der Waals surface area contributed by atoms with Crippen molar-refractivity contribution >= 4 is 5.91 Å². The molecule has 106 valence electrons. The van der Waals surface area contributed by atoms with E-state index in [1.807, 2.05) is 4.90 Å². The van der Waals surface area contributed by atoms with Crippen LogP contribution in [0.1, 0.15) is 6.92 Å². The van der Waals surface area contributed by atoms with Crippen LogP contribution in [0.2, 0.25) is 0 Å². The summed E-state index contributed by atoms with van der Waals surface area (Å²) in [5.41, 5.74) is 0. The number of aliphatic hydroxyl groups is 1. The number of carbonyl (C=O) groups is 1. The molecular weight excluding hydrogens is 244 g/mol. The Bertz CT molecular complexity index is 261. The number of hydrogen-bond acceptors (Lipinski definition) is 4. The van der Waals surface area contributed by atoms with Crippen molar-refractivity contribution in [3.8, 4) is 0 Å². The van der Waals surface area contributed by atoms with E-state index in [2.05, 4.69) is 5.32 Å². The zero-order valence-corrected chi connectivity index (χ0v) is 10.6. The van der Waals surface area contributed by atoms with E-state index < -0.39 is 19.0 Å². The second-order valence-electron chi connectivity index (χ2n) is 4.36. The molecule has 1 fully saturated rings. The standard InChI is InChI=1S/C11H21F2N3O2/c1-9(15-4-2-14-3-5-15)11(18)16(6-7-17)8-10(12)13/h9-10,14,17H,2-8H2,1H3. The van der Waals surface area contributed by atoms with Crippen molar-refractivity contribution in [1.29, 1.82) is 0 Å². The van der Waals surface area contributed by atoms with Gasteiger partial charge in [0.25, 0.3) is 6.43 Å². The van der Waals surface area contributed by atoms with Crippen molar-refractivity contribution in [3.63, 3.8) is 0 Å². The van der Waals surface area contributed by atoms with Crippen molar-refractivity contribution in [2.45, 2.75) is 19.4 Å². The van der Waals surface area contributed by atoms with E-state index in [4.69, 9.17) is 5.11 Å². The monoisotopic (exact) mass is 265 g/mol. The fraction of sp³-hybridized carbons (Fsp3) is 0.909. The van der Waals surface area contributed by atoms with E-state index >= 15 is 0 Å². The predicted molar refractivity (Wildman–Crippen MR) is 63.6 cm³/mol. The molecule has 1 saturated heterocycles. The Morgan fingerprint density at radius 3 is 2.56 bits per heavy atom. The first-order valence-corrected chi connectivity index (χ1v) is 6.18. The molecule has 0 saturated carbocycles. The molecule has 1 rings (SSSR count). The van der Waals surface area contributed by atoms with Crippen LogP contribution in [-0.4, -0.2) is 79.2 Å². The molecule has 1 unspecified atom stereocenters. The minimum Gasteiger partial charge on any atom is -0.395 e. The maximum atomic E-state index is 12.4. The van der Waals surface area contributed by atoms with Gasteiger partial charge in [0, 0.05) is 32.7 Å². The van der Waals surface area contributed by atoms with Gasteiger partial charge in [0.15, 0.2) is 0 Å². The lowest BCUT2D eigenvalue weighted by molar-refractivity contribution is -0.139. The Hall–Kier alpha value is -0.790. The Morgan fingerprint density at radius 1 is 1.44 bits per heavy atom. The highest BCUT2D eigenvalue weighted by Crippen LogP contribution is 2.07. The molecule has 1 aliphatic heterocycles. The molecule has 1 heterocycles. The maximum Gasteiger partial charge on any atom is 0.255 e. The van der Waals surface area contributed by atoms with E-state index in [0.717, 1.165) is 31.1 Å². The van der Waals surface area contributed by atoms with Crippen LogP contribution in [0.25, 0.3) is 0 Å². The van der Waals surface area contributed by atoms with Crippen molar-refractivity contribution in [3.05, 3.63) is 0 Å². The minimum atomic E-state index is -2.57. The number of nitrogens with zero attached hydrogens (tertiary/aromatic N) is 2. The number of rotatable bonds is 6. The van der Waals surface area contributed by atoms with Gasteiger partial charge in [-0.3, -0.25) is 9.69 Å². The van der Waals surface area contributed by atoms with Gasteiger partial charge in [0.05, 0.1) is 19.2 Å². The lowest BCUT2D eigenvalue weighted by Gasteiger charge is -2.34. The lowest BCUT2D eigenvalue weighted by Crippen LogP contribution is -2.54. The summed E-state index contributed by atoms with van der Waals surface area (Å²) in [5, 5.41) is 12.0. The number of carbonyl (C=O) groups excluding carboxylic acids is 1. The van der Waals surface area contributed by atoms with Crippen LogP contribution in [0, 0.1) is 0 Å². The van der Waals surface area contributed by atoms with Crippen LogP contribution in [0.5, 0.6) is 0 Å². The first-order chi connectivity index (χ1) is 8.56. The fourth-order valence-electron chi connectivity index (χ4n) is 2.07. The summed E-state index contributed by atoms with van der Waals surface area (Å²) in [6.07, 6.45) is -2.57. The van der Waals surface area contributed by atoms with Crippen molar-refractivity contribution in [2.24, 2.45) is 0 Å². The summed E-state index contributed by atoms with van der Waals surface area (Å²) in [7, 11) is 0. The third-order valence-corrected chi connectivity index (χ3v) is 3.10. The number of piperazine rings is 1. The maximum absolute atomic E-state index is 12.4. The average Bonchev–Trinajstić information content (AvgIpc) is 2.37. The Kier molecular flexibility index (Phi) is 6.45. The normalized spacial score (nSPS) is 18.9. The van der Waals surface area contributed by atoms with Gasteiger partial charge in [0.2, 0.25) is 5.91 Å². The molecule has 0 bridgehead atoms. The molecule has 0 aromatic rings. The molecule has 0 spiro atoms. The van der Waals surface area contributed by atoms with Crippen molar-refractivity contribution < 1.29 is 18.7 Å². The van der Waals surface area contributed by atoms with Gasteiger partial charge in [0.1, 0.15) is 0 Å². The highest BCUT2D eigenvalue weighted by molar-refractivity contribution is 5.81. The summed E-state index contributed by atoms with van der Waals surface area (Å²) < 4.78 is 24.8. The SMILES string of the molecule is CC(C(=O)N(CCO)CC(F)F)N1CCNCC1. The van der Waals surface area contributed by atoms with E-state index in [1.165, 1.54) is 0 Å². The fourth-order valence-corrected chi connectivity index (χ4v) is 2.07. The zero-order chi connectivity index (χ0) is 13.5. The van der Waals surface area contributed by atoms with Gasteiger partial charge in [-0.2, -0.15) is 0 Å². The molecule has 1 aliphatic rings. The van der Waals surface area contributed by atoms with E-state index in [1.54, 1.807) is 6.92 Å². The van der Waals surface area contributed by atoms with Crippen LogP contribution in [0.4, 0.5) is 8.78 Å². The molecule has 1 atom stereocenters. The van der Waals surface area contributed by atoms with Crippen LogP contribution in [-0.2, 0) is 4.79 Å². The summed E-state index contributed by atoms with van der Waals surface area (Å²) >= 11 is 0. The smallest absolute Gasteiger partial charge is 0.255 e. The van der Waals surface area contributed by atoms with Gasteiger partial charge in [-0.25, -0.2) is 8.78 Å². The number of hydrogen-bond donors (Lipinski definition) is 2. The van der Waals surface area contributed by atoms with Gasteiger partial charge < -0.3 is 15.3 Å². The molecule has 7 heteroatoms. The van der Waals surface area contributed by atoms with Crippen molar-refractivity contribution in [1.82, 2.24) is 15.1 Å². The largest absolute Gasteiger partial charge is 0.395 e.